The van der Waals surface area contributed by atoms with Crippen molar-refractivity contribution in [3.63, 3.8) is 0 Å². The van der Waals surface area contributed by atoms with Crippen molar-refractivity contribution < 1.29 is 9.58 Å². The molecule has 0 amide bonds. The Morgan fingerprint density at radius 2 is 1.67 bits per heavy atom. The second kappa shape index (κ2) is 13.7. The Bertz CT molecular complexity index is 1820. The summed E-state index contributed by atoms with van der Waals surface area (Å²) in [6.45, 7) is 8.88. The number of aromatic nitrogens is 2. The van der Waals surface area contributed by atoms with Crippen LogP contribution < -0.4 is 15.2 Å². The molecule has 43 heavy (non-hydrogen) atoms. The highest BCUT2D eigenvalue weighted by Crippen LogP contribution is 2.30. The molecule has 1 aliphatic heterocycles. The van der Waals surface area contributed by atoms with E-state index in [2.05, 4.69) is 86.5 Å². The van der Waals surface area contributed by atoms with Crippen molar-refractivity contribution >= 4 is 33.9 Å². The average Bonchev–Trinajstić information content (AvgIpc) is 3.03. The highest BCUT2D eigenvalue weighted by Gasteiger charge is 2.17. The number of fused-ring (bicyclic) bond motifs is 2. The summed E-state index contributed by atoms with van der Waals surface area (Å²) in [6, 6.07) is 30.6. The second-order valence-corrected chi connectivity index (χ2v) is 10.4. The van der Waals surface area contributed by atoms with Gasteiger partial charge in [0, 0.05) is 49.2 Å². The van der Waals surface area contributed by atoms with Gasteiger partial charge in [-0.3, -0.25) is 4.79 Å². The second-order valence-electron chi connectivity index (χ2n) is 10.4. The van der Waals surface area contributed by atoms with Gasteiger partial charge in [0.1, 0.15) is 16.6 Å². The van der Waals surface area contributed by atoms with E-state index >= 15 is 0 Å². The molecular weight excluding hydrogens is 532 g/mol. The summed E-state index contributed by atoms with van der Waals surface area (Å²) in [5.41, 5.74) is 7.71. The van der Waals surface area contributed by atoms with Crippen LogP contribution >= 0.6 is 0 Å². The maximum Gasteiger partial charge on any atom is 0.367 e. The van der Waals surface area contributed by atoms with Crippen molar-refractivity contribution in [1.29, 1.82) is 0 Å². The van der Waals surface area contributed by atoms with Gasteiger partial charge in [-0.2, -0.15) is 0 Å². The predicted octanol–water partition coefficient (Wildman–Crippen LogP) is 6.68. The Balaban J connectivity index is 1.57. The van der Waals surface area contributed by atoms with Crippen LogP contribution in [0.1, 0.15) is 33.6 Å². The lowest BCUT2D eigenvalue weighted by molar-refractivity contribution is -0.132. The van der Waals surface area contributed by atoms with E-state index in [0.717, 1.165) is 70.9 Å². The lowest BCUT2D eigenvalue weighted by Crippen LogP contribution is -2.29. The molecule has 5 rings (SSSR count). The minimum Gasteiger partial charge on any atom is -0.372 e. The van der Waals surface area contributed by atoms with Gasteiger partial charge in [-0.05, 0) is 87.9 Å². The van der Waals surface area contributed by atoms with Gasteiger partial charge in [-0.15, -0.1) is 12.3 Å². The van der Waals surface area contributed by atoms with E-state index in [1.165, 1.54) is 5.69 Å². The summed E-state index contributed by atoms with van der Waals surface area (Å²) >= 11 is 0. The van der Waals surface area contributed by atoms with Gasteiger partial charge in [0.2, 0.25) is 0 Å². The minimum absolute atomic E-state index is 0.111. The van der Waals surface area contributed by atoms with Crippen molar-refractivity contribution in [1.82, 2.24) is 9.55 Å². The topological polar surface area (TPSA) is 67.8 Å². The number of carbonyl (C=O) groups is 1. The zero-order valence-corrected chi connectivity index (χ0v) is 25.1. The number of anilines is 2. The van der Waals surface area contributed by atoms with Crippen LogP contribution in [0.5, 0.6) is 0 Å². The first kappa shape index (κ1) is 29.3. The first-order valence-corrected chi connectivity index (χ1v) is 14.8. The fourth-order valence-corrected chi connectivity index (χ4v) is 5.32. The molecule has 1 aliphatic carbocycles. The lowest BCUT2D eigenvalue weighted by atomic mass is 10.1. The molecule has 0 spiro atoms. The standard InChI is InChI=1S/C36H37N6O/c1-5-8-12-23-41(26-27(4)43)30-18-15-28(16-19-30)38-39-29-17-21-33-35(24-29)42(31-13-10-9-11-14-31)36-25-32(40(6-2)7-3)20-22-34(36)37-33/h1,9-11,13-22,24-25H,6-8,12,23,26H2,2-4H3/q+1. The summed E-state index contributed by atoms with van der Waals surface area (Å²) in [5.74, 6) is 2.78. The molecule has 1 heterocycles. The summed E-state index contributed by atoms with van der Waals surface area (Å²) < 4.78 is 2.25. The maximum atomic E-state index is 11.8. The third-order valence-electron chi connectivity index (χ3n) is 7.44. The number of unbranched alkanes of at least 4 members (excludes halogenated alkanes) is 1. The van der Waals surface area contributed by atoms with Crippen LogP contribution in [-0.2, 0) is 4.79 Å². The summed E-state index contributed by atoms with van der Waals surface area (Å²) in [7, 11) is 0. The van der Waals surface area contributed by atoms with Gasteiger partial charge in [0.25, 0.3) is 0 Å². The normalized spacial score (nSPS) is 10.7. The van der Waals surface area contributed by atoms with Gasteiger partial charge in [0.05, 0.1) is 39.8 Å². The molecule has 0 fully saturated rings. The molecule has 0 bridgehead atoms. The number of terminal acetylenes is 1. The van der Waals surface area contributed by atoms with E-state index in [9.17, 15) is 4.79 Å². The van der Waals surface area contributed by atoms with Crippen LogP contribution in [0.15, 0.2) is 96.1 Å². The fourth-order valence-electron chi connectivity index (χ4n) is 5.32. The zero-order valence-electron chi connectivity index (χ0n) is 25.1. The van der Waals surface area contributed by atoms with Crippen LogP contribution in [0.25, 0.3) is 28.1 Å². The smallest absolute Gasteiger partial charge is 0.367 e. The Kier molecular flexibility index (Phi) is 9.31. The molecule has 3 aromatic carbocycles. The van der Waals surface area contributed by atoms with Crippen LogP contribution in [0, 0.1) is 12.3 Å². The molecule has 0 aromatic heterocycles. The Labute approximate surface area is 253 Å². The number of para-hydroxylation sites is 1. The quantitative estimate of drug-likeness (QED) is 0.0585. The van der Waals surface area contributed by atoms with Crippen LogP contribution in [0.4, 0.5) is 17.1 Å². The van der Waals surface area contributed by atoms with Crippen LogP contribution in [0.2, 0.25) is 0 Å². The number of Topliss-reactive ketones (excluding diaryl/α,β-unsaturated/α-hetero) is 1. The number of ketones is 1. The van der Waals surface area contributed by atoms with E-state index < -0.39 is 0 Å². The van der Waals surface area contributed by atoms with Crippen molar-refractivity contribution in [2.45, 2.75) is 33.6 Å². The molecule has 216 valence electrons. The number of rotatable bonds is 11. The SMILES string of the molecule is C#CCCCN(CC(C)=O)c1ccc(N=[N+]=c2ccc3nc4ccc(N(CC)CC)cc4n(-c4ccccc4)c-3c2)cc1. The maximum absolute atomic E-state index is 11.8. The van der Waals surface area contributed by atoms with E-state index in [1.54, 1.807) is 6.92 Å². The number of carbonyl (C=O) groups excluding carboxylic acids is 1. The number of hydrogen-bond donors (Lipinski definition) is 0. The summed E-state index contributed by atoms with van der Waals surface area (Å²) in [6.07, 6.45) is 6.92. The molecule has 0 N–H and O–H groups in total. The first-order valence-electron chi connectivity index (χ1n) is 14.8. The van der Waals surface area contributed by atoms with Gasteiger partial charge in [-0.1, -0.05) is 18.2 Å². The molecule has 2 aliphatic rings. The minimum atomic E-state index is 0.111. The van der Waals surface area contributed by atoms with E-state index in [4.69, 9.17) is 11.4 Å². The molecule has 0 radical (unpaired) electrons. The average molecular weight is 570 g/mol. The van der Waals surface area contributed by atoms with E-state index in [1.807, 2.05) is 48.5 Å². The van der Waals surface area contributed by atoms with Gasteiger partial charge >= 0.3 is 5.36 Å². The van der Waals surface area contributed by atoms with Crippen LogP contribution in [0.3, 0.4) is 0 Å². The van der Waals surface area contributed by atoms with E-state index in [0.29, 0.717) is 13.0 Å². The van der Waals surface area contributed by atoms with Crippen molar-refractivity contribution in [2.24, 2.45) is 5.11 Å². The first-order chi connectivity index (χ1) is 21.0. The molecule has 3 aromatic rings. The fraction of sp³-hybridized carbons (Fsp3) is 0.250. The van der Waals surface area contributed by atoms with E-state index in [-0.39, 0.29) is 5.78 Å². The van der Waals surface area contributed by atoms with Gasteiger partial charge in [-0.25, -0.2) is 4.98 Å². The molecule has 7 heteroatoms. The summed E-state index contributed by atoms with van der Waals surface area (Å²) in [5, 5.41) is 5.25. The van der Waals surface area contributed by atoms with Crippen molar-refractivity contribution in [3.8, 4) is 29.4 Å². The van der Waals surface area contributed by atoms with Crippen LogP contribution in [-0.4, -0.2) is 46.3 Å². The third kappa shape index (κ3) is 6.83. The highest BCUT2D eigenvalue weighted by molar-refractivity contribution is 5.86. The largest absolute Gasteiger partial charge is 0.372 e. The monoisotopic (exact) mass is 569 g/mol. The highest BCUT2D eigenvalue weighted by atomic mass is 16.1. The Morgan fingerprint density at radius 3 is 2.37 bits per heavy atom. The molecule has 0 saturated heterocycles. The lowest BCUT2D eigenvalue weighted by Gasteiger charge is -2.23. The van der Waals surface area contributed by atoms with Gasteiger partial charge < -0.3 is 14.4 Å². The summed E-state index contributed by atoms with van der Waals surface area (Å²) in [4.78, 5) is 25.8. The Hall–Kier alpha value is -5.18. The third-order valence-corrected chi connectivity index (χ3v) is 7.44. The number of benzene rings is 4. The Morgan fingerprint density at radius 1 is 0.930 bits per heavy atom. The molecule has 0 atom stereocenters. The zero-order chi connectivity index (χ0) is 30.2. The predicted molar refractivity (Wildman–Crippen MR) is 174 cm³/mol. The van der Waals surface area contributed by atoms with Gasteiger partial charge in [0.15, 0.2) is 0 Å². The number of nitrogens with zero attached hydrogens (tertiary/aromatic N) is 6. The molecule has 0 saturated carbocycles. The molecular formula is C36H37N6O+. The molecule has 7 nitrogen and oxygen atoms in total. The molecule has 0 unspecified atom stereocenters. The number of hydrogen-bond acceptors (Lipinski definition) is 5. The van der Waals surface area contributed by atoms with Crippen molar-refractivity contribution in [3.05, 3.63) is 96.4 Å². The van der Waals surface area contributed by atoms with Crippen molar-refractivity contribution in [2.75, 3.05) is 36.0 Å².